The molecule has 1 rings (SSSR count). The first kappa shape index (κ1) is 19.2. The molecule has 0 heterocycles. The SMILES string of the molecule is CCCCN(CCCC)C(=O)OC(C)C(=O)c1ccc(C)cc1. The number of hydrogen-bond donors (Lipinski definition) is 0. The Morgan fingerprint density at radius 1 is 1.04 bits per heavy atom. The predicted octanol–water partition coefficient (Wildman–Crippen LogP) is 4.61. The van der Waals surface area contributed by atoms with E-state index < -0.39 is 6.10 Å². The van der Waals surface area contributed by atoms with Crippen LogP contribution in [0, 0.1) is 6.92 Å². The Morgan fingerprint density at radius 3 is 2.04 bits per heavy atom. The van der Waals surface area contributed by atoms with E-state index in [1.54, 1.807) is 24.0 Å². The number of unbranched alkanes of at least 4 members (excludes halogenated alkanes) is 2. The van der Waals surface area contributed by atoms with Crippen LogP contribution in [0.2, 0.25) is 0 Å². The number of benzene rings is 1. The summed E-state index contributed by atoms with van der Waals surface area (Å²) in [5.41, 5.74) is 1.67. The van der Waals surface area contributed by atoms with E-state index in [1.165, 1.54) is 0 Å². The van der Waals surface area contributed by atoms with Crippen LogP contribution in [0.5, 0.6) is 0 Å². The maximum Gasteiger partial charge on any atom is 0.410 e. The molecule has 0 aliphatic carbocycles. The molecule has 0 fully saturated rings. The normalized spacial score (nSPS) is 11.8. The van der Waals surface area contributed by atoms with Gasteiger partial charge in [-0.15, -0.1) is 0 Å². The van der Waals surface area contributed by atoms with E-state index in [9.17, 15) is 9.59 Å². The van der Waals surface area contributed by atoms with Crippen molar-refractivity contribution in [2.24, 2.45) is 0 Å². The third kappa shape index (κ3) is 6.43. The number of Topliss-reactive ketones (excluding diaryl/α,β-unsaturated/α-hetero) is 1. The molecule has 0 bridgehead atoms. The maximum atomic E-state index is 12.3. The number of nitrogens with zero attached hydrogens (tertiary/aromatic N) is 1. The molecular formula is C19H29NO3. The molecule has 4 nitrogen and oxygen atoms in total. The van der Waals surface area contributed by atoms with Crippen LogP contribution in [-0.2, 0) is 4.74 Å². The van der Waals surface area contributed by atoms with Gasteiger partial charge >= 0.3 is 6.09 Å². The fourth-order valence-corrected chi connectivity index (χ4v) is 2.22. The number of hydrogen-bond acceptors (Lipinski definition) is 3. The first-order valence-electron chi connectivity index (χ1n) is 8.56. The summed E-state index contributed by atoms with van der Waals surface area (Å²) in [7, 11) is 0. The number of ether oxygens (including phenoxy) is 1. The summed E-state index contributed by atoms with van der Waals surface area (Å²) in [4.78, 5) is 26.4. The van der Waals surface area contributed by atoms with Gasteiger partial charge in [0.05, 0.1) is 0 Å². The Hall–Kier alpha value is -1.84. The van der Waals surface area contributed by atoms with Crippen LogP contribution in [0.1, 0.15) is 62.4 Å². The van der Waals surface area contributed by atoms with Gasteiger partial charge in [-0.3, -0.25) is 4.79 Å². The number of rotatable bonds is 9. The average Bonchev–Trinajstić information content (AvgIpc) is 2.54. The van der Waals surface area contributed by atoms with Crippen LogP contribution in [0.25, 0.3) is 0 Å². The fraction of sp³-hybridized carbons (Fsp3) is 0.579. The van der Waals surface area contributed by atoms with Gasteiger partial charge in [-0.1, -0.05) is 56.5 Å². The van der Waals surface area contributed by atoms with Crippen molar-refractivity contribution in [2.45, 2.75) is 59.5 Å². The zero-order valence-corrected chi connectivity index (χ0v) is 14.8. The number of ketones is 1. The Kier molecular flexibility index (Phi) is 8.38. The van der Waals surface area contributed by atoms with Crippen molar-refractivity contribution in [1.82, 2.24) is 4.90 Å². The van der Waals surface area contributed by atoms with Crippen LogP contribution in [0.3, 0.4) is 0 Å². The van der Waals surface area contributed by atoms with E-state index in [0.717, 1.165) is 31.2 Å². The van der Waals surface area contributed by atoms with Crippen molar-refractivity contribution in [3.63, 3.8) is 0 Å². The molecule has 23 heavy (non-hydrogen) atoms. The lowest BCUT2D eigenvalue weighted by Crippen LogP contribution is -2.37. The van der Waals surface area contributed by atoms with E-state index >= 15 is 0 Å². The van der Waals surface area contributed by atoms with Gasteiger partial charge in [-0.2, -0.15) is 0 Å². The van der Waals surface area contributed by atoms with Gasteiger partial charge in [-0.25, -0.2) is 4.79 Å². The van der Waals surface area contributed by atoms with Crippen LogP contribution >= 0.6 is 0 Å². The van der Waals surface area contributed by atoms with Gasteiger partial charge in [0.25, 0.3) is 0 Å². The lowest BCUT2D eigenvalue weighted by atomic mass is 10.1. The second-order valence-corrected chi connectivity index (χ2v) is 5.95. The summed E-state index contributed by atoms with van der Waals surface area (Å²) >= 11 is 0. The van der Waals surface area contributed by atoms with Crippen molar-refractivity contribution in [1.29, 1.82) is 0 Å². The van der Waals surface area contributed by atoms with Crippen LogP contribution in [0.15, 0.2) is 24.3 Å². The molecule has 128 valence electrons. The predicted molar refractivity (Wildman–Crippen MR) is 92.8 cm³/mol. The molecule has 1 amide bonds. The molecule has 0 saturated heterocycles. The third-order valence-corrected chi connectivity index (χ3v) is 3.80. The first-order chi connectivity index (χ1) is 11.0. The molecule has 0 saturated carbocycles. The topological polar surface area (TPSA) is 46.6 Å². The molecule has 0 N–H and O–H groups in total. The van der Waals surface area contributed by atoms with Crippen molar-refractivity contribution >= 4 is 11.9 Å². The minimum absolute atomic E-state index is 0.163. The Labute approximate surface area is 139 Å². The van der Waals surface area contributed by atoms with Crippen molar-refractivity contribution in [3.05, 3.63) is 35.4 Å². The monoisotopic (exact) mass is 319 g/mol. The Morgan fingerprint density at radius 2 is 1.57 bits per heavy atom. The summed E-state index contributed by atoms with van der Waals surface area (Å²) in [5.74, 6) is -0.163. The molecule has 1 unspecified atom stereocenters. The molecule has 0 aliphatic rings. The fourth-order valence-electron chi connectivity index (χ4n) is 2.22. The molecule has 1 atom stereocenters. The van der Waals surface area contributed by atoms with E-state index in [-0.39, 0.29) is 11.9 Å². The standard InChI is InChI=1S/C19H29NO3/c1-5-7-13-20(14-8-6-2)19(22)23-16(4)18(21)17-11-9-15(3)10-12-17/h9-12,16H,5-8,13-14H2,1-4H3. The van der Waals surface area contributed by atoms with Crippen LogP contribution in [-0.4, -0.2) is 36.0 Å². The lowest BCUT2D eigenvalue weighted by Gasteiger charge is -2.23. The van der Waals surface area contributed by atoms with Gasteiger partial charge in [0, 0.05) is 18.7 Å². The molecule has 1 aromatic rings. The van der Waals surface area contributed by atoms with E-state index in [2.05, 4.69) is 13.8 Å². The largest absolute Gasteiger partial charge is 0.438 e. The molecular weight excluding hydrogens is 290 g/mol. The lowest BCUT2D eigenvalue weighted by molar-refractivity contribution is 0.0532. The van der Waals surface area contributed by atoms with Crippen molar-refractivity contribution in [2.75, 3.05) is 13.1 Å². The summed E-state index contributed by atoms with van der Waals surface area (Å²) in [5, 5.41) is 0. The Bertz CT molecular complexity index is 488. The van der Waals surface area contributed by atoms with Gasteiger partial charge in [-0.05, 0) is 26.7 Å². The molecule has 4 heteroatoms. The van der Waals surface area contributed by atoms with Gasteiger partial charge in [0.2, 0.25) is 5.78 Å². The van der Waals surface area contributed by atoms with E-state index in [4.69, 9.17) is 4.74 Å². The third-order valence-electron chi connectivity index (χ3n) is 3.80. The summed E-state index contributed by atoms with van der Waals surface area (Å²) < 4.78 is 5.39. The molecule has 1 aromatic carbocycles. The highest BCUT2D eigenvalue weighted by Gasteiger charge is 2.22. The van der Waals surface area contributed by atoms with E-state index in [0.29, 0.717) is 18.7 Å². The Balaban J connectivity index is 2.64. The average molecular weight is 319 g/mol. The quantitative estimate of drug-likeness (QED) is 0.625. The zero-order valence-electron chi connectivity index (χ0n) is 14.8. The van der Waals surface area contributed by atoms with Gasteiger partial charge in [0.15, 0.2) is 6.10 Å². The number of carbonyl (C=O) groups is 2. The minimum Gasteiger partial charge on any atom is -0.438 e. The maximum absolute atomic E-state index is 12.3. The smallest absolute Gasteiger partial charge is 0.410 e. The second-order valence-electron chi connectivity index (χ2n) is 5.95. The molecule has 0 aliphatic heterocycles. The second kappa shape index (κ2) is 10.0. The number of amides is 1. The minimum atomic E-state index is -0.768. The zero-order chi connectivity index (χ0) is 17.2. The van der Waals surface area contributed by atoms with Gasteiger partial charge < -0.3 is 9.64 Å². The van der Waals surface area contributed by atoms with Crippen LogP contribution in [0.4, 0.5) is 4.79 Å². The summed E-state index contributed by atoms with van der Waals surface area (Å²) in [6.45, 7) is 9.15. The van der Waals surface area contributed by atoms with Gasteiger partial charge in [0.1, 0.15) is 0 Å². The number of carbonyl (C=O) groups excluding carboxylic acids is 2. The first-order valence-corrected chi connectivity index (χ1v) is 8.56. The highest BCUT2D eigenvalue weighted by atomic mass is 16.6. The highest BCUT2D eigenvalue weighted by molar-refractivity contribution is 6.00. The summed E-state index contributed by atoms with van der Waals surface area (Å²) in [6, 6.07) is 7.31. The van der Waals surface area contributed by atoms with Crippen molar-refractivity contribution in [3.8, 4) is 0 Å². The molecule has 0 spiro atoms. The highest BCUT2D eigenvalue weighted by Crippen LogP contribution is 2.10. The summed E-state index contributed by atoms with van der Waals surface area (Å²) in [6.07, 6.45) is 2.77. The molecule has 0 radical (unpaired) electrons. The van der Waals surface area contributed by atoms with E-state index in [1.807, 2.05) is 19.1 Å². The molecule has 0 aromatic heterocycles. The van der Waals surface area contributed by atoms with Crippen molar-refractivity contribution < 1.29 is 14.3 Å². The number of aryl methyl sites for hydroxylation is 1. The van der Waals surface area contributed by atoms with Crippen LogP contribution < -0.4 is 0 Å².